The van der Waals surface area contributed by atoms with Crippen molar-refractivity contribution in [3.63, 3.8) is 0 Å². The molecule has 0 aliphatic carbocycles. The van der Waals surface area contributed by atoms with Crippen LogP contribution in [0.1, 0.15) is 10.4 Å². The minimum atomic E-state index is -0.454. The van der Waals surface area contributed by atoms with Gasteiger partial charge in [-0.1, -0.05) is 11.6 Å². The summed E-state index contributed by atoms with van der Waals surface area (Å²) in [6.07, 6.45) is 2.14. The lowest BCUT2D eigenvalue weighted by atomic mass is 10.1. The molecule has 9 heteroatoms. The van der Waals surface area contributed by atoms with Crippen LogP contribution in [0, 0.1) is 5.82 Å². The number of hydrogen-bond donors (Lipinski definition) is 1. The van der Waals surface area contributed by atoms with E-state index in [0.29, 0.717) is 25.3 Å². The molecule has 1 aliphatic rings. The molecule has 2 N–H and O–H groups in total. The van der Waals surface area contributed by atoms with Gasteiger partial charge in [0.1, 0.15) is 28.5 Å². The van der Waals surface area contributed by atoms with Crippen LogP contribution in [-0.4, -0.2) is 33.9 Å². The third kappa shape index (κ3) is 3.06. The second-order valence-corrected chi connectivity index (χ2v) is 7.36. The molecule has 0 saturated heterocycles. The number of amides is 1. The zero-order valence-corrected chi connectivity index (χ0v) is 15.1. The second-order valence-electron chi connectivity index (χ2n) is 5.87. The number of thiophene rings is 1. The topological polar surface area (TPSA) is 81.3 Å². The maximum absolute atomic E-state index is 13.1. The van der Waals surface area contributed by atoms with Crippen molar-refractivity contribution in [2.24, 2.45) is 0 Å². The van der Waals surface area contributed by atoms with E-state index in [9.17, 15) is 9.18 Å². The Labute approximate surface area is 157 Å². The Kier molecular flexibility index (Phi) is 4.37. The van der Waals surface area contributed by atoms with Gasteiger partial charge in [-0.15, -0.1) is 11.3 Å². The number of nitrogens with two attached hydrogens (primary N) is 1. The number of carbonyl (C=O) groups is 1. The van der Waals surface area contributed by atoms with Gasteiger partial charge < -0.3 is 15.4 Å². The molecule has 3 aromatic rings. The van der Waals surface area contributed by atoms with Crippen molar-refractivity contribution in [2.45, 2.75) is 13.0 Å². The molecule has 1 aromatic carbocycles. The standard InChI is InChI=1S/C17H14ClFN4O2S/c18-11-5-9(19)1-2-12(11)25-7-14(24)23-4-3-10-13(6-23)26-17-15(10)16(20)21-8-22-17/h1-2,5,8H,3-4,6-7H2,(H2,20,21,22). The van der Waals surface area contributed by atoms with E-state index in [0.717, 1.165) is 26.7 Å². The Morgan fingerprint density at radius 1 is 1.42 bits per heavy atom. The quantitative estimate of drug-likeness (QED) is 0.741. The van der Waals surface area contributed by atoms with Crippen molar-refractivity contribution >= 4 is 44.9 Å². The summed E-state index contributed by atoms with van der Waals surface area (Å²) in [7, 11) is 0. The second kappa shape index (κ2) is 6.69. The minimum Gasteiger partial charge on any atom is -0.482 e. The van der Waals surface area contributed by atoms with E-state index >= 15 is 0 Å². The monoisotopic (exact) mass is 392 g/mol. The molecular formula is C17H14ClFN4O2S. The zero-order chi connectivity index (χ0) is 18.3. The number of halogens is 2. The van der Waals surface area contributed by atoms with Gasteiger partial charge in [-0.3, -0.25) is 4.79 Å². The fraction of sp³-hybridized carbons (Fsp3) is 0.235. The van der Waals surface area contributed by atoms with Crippen LogP contribution in [0.4, 0.5) is 10.2 Å². The molecule has 6 nitrogen and oxygen atoms in total. The van der Waals surface area contributed by atoms with Crippen LogP contribution in [0.25, 0.3) is 10.2 Å². The van der Waals surface area contributed by atoms with Gasteiger partial charge in [-0.2, -0.15) is 0 Å². The van der Waals surface area contributed by atoms with Gasteiger partial charge in [0, 0.05) is 11.4 Å². The number of ether oxygens (including phenoxy) is 1. The molecule has 0 bridgehead atoms. The number of hydrogen-bond acceptors (Lipinski definition) is 6. The van der Waals surface area contributed by atoms with E-state index in [4.69, 9.17) is 22.1 Å². The Bertz CT molecular complexity index is 1010. The van der Waals surface area contributed by atoms with E-state index in [2.05, 4.69) is 9.97 Å². The predicted octanol–water partition coefficient (Wildman–Crippen LogP) is 3.03. The Hall–Kier alpha value is -2.45. The van der Waals surface area contributed by atoms with Crippen LogP contribution in [-0.2, 0) is 17.8 Å². The van der Waals surface area contributed by atoms with Crippen molar-refractivity contribution in [1.82, 2.24) is 14.9 Å². The number of benzene rings is 1. The number of aromatic nitrogens is 2. The molecule has 134 valence electrons. The molecule has 26 heavy (non-hydrogen) atoms. The predicted molar refractivity (Wildman–Crippen MR) is 97.9 cm³/mol. The molecule has 1 aliphatic heterocycles. The van der Waals surface area contributed by atoms with Crippen LogP contribution in [0.5, 0.6) is 5.75 Å². The van der Waals surface area contributed by atoms with E-state index in [1.807, 2.05) is 0 Å². The number of fused-ring (bicyclic) bond motifs is 3. The molecule has 1 amide bonds. The summed E-state index contributed by atoms with van der Waals surface area (Å²) in [4.78, 5) is 24.4. The highest BCUT2D eigenvalue weighted by Crippen LogP contribution is 2.36. The lowest BCUT2D eigenvalue weighted by Crippen LogP contribution is -2.38. The maximum Gasteiger partial charge on any atom is 0.260 e. The first-order chi connectivity index (χ1) is 12.5. The van der Waals surface area contributed by atoms with Gasteiger partial charge >= 0.3 is 0 Å². The van der Waals surface area contributed by atoms with Crippen LogP contribution < -0.4 is 10.5 Å². The van der Waals surface area contributed by atoms with Crippen molar-refractivity contribution in [2.75, 3.05) is 18.9 Å². The van der Waals surface area contributed by atoms with Crippen LogP contribution in [0.2, 0.25) is 5.02 Å². The van der Waals surface area contributed by atoms with E-state index in [1.165, 1.54) is 29.8 Å². The average molecular weight is 393 g/mol. The average Bonchev–Trinajstić information content (AvgIpc) is 2.99. The smallest absolute Gasteiger partial charge is 0.260 e. The van der Waals surface area contributed by atoms with E-state index in [1.54, 1.807) is 4.90 Å². The van der Waals surface area contributed by atoms with E-state index < -0.39 is 5.82 Å². The summed E-state index contributed by atoms with van der Waals surface area (Å²) >= 11 is 7.44. The van der Waals surface area contributed by atoms with Crippen LogP contribution >= 0.6 is 22.9 Å². The number of anilines is 1. The first kappa shape index (κ1) is 17.0. The van der Waals surface area contributed by atoms with Gasteiger partial charge in [0.15, 0.2) is 6.61 Å². The molecule has 0 fully saturated rings. The maximum atomic E-state index is 13.1. The summed E-state index contributed by atoms with van der Waals surface area (Å²) in [5.74, 6) is 0.141. The lowest BCUT2D eigenvalue weighted by molar-refractivity contribution is -0.134. The van der Waals surface area contributed by atoms with Crippen molar-refractivity contribution in [3.8, 4) is 5.75 Å². The number of carbonyl (C=O) groups excluding carboxylic acids is 1. The zero-order valence-electron chi connectivity index (χ0n) is 13.5. The first-order valence-corrected chi connectivity index (χ1v) is 9.08. The first-order valence-electron chi connectivity index (χ1n) is 7.89. The number of nitrogens with zero attached hydrogens (tertiary/aromatic N) is 3. The third-order valence-corrected chi connectivity index (χ3v) is 5.68. The van der Waals surface area contributed by atoms with Gasteiger partial charge in [0.2, 0.25) is 0 Å². The third-order valence-electron chi connectivity index (χ3n) is 4.26. The summed E-state index contributed by atoms with van der Waals surface area (Å²) < 4.78 is 18.5. The van der Waals surface area contributed by atoms with Crippen LogP contribution in [0.15, 0.2) is 24.5 Å². The van der Waals surface area contributed by atoms with Gasteiger partial charge in [0.25, 0.3) is 5.91 Å². The molecule has 4 rings (SSSR count). The Balaban J connectivity index is 1.47. The highest BCUT2D eigenvalue weighted by atomic mass is 35.5. The molecule has 0 spiro atoms. The van der Waals surface area contributed by atoms with Crippen molar-refractivity contribution in [3.05, 3.63) is 45.8 Å². The van der Waals surface area contributed by atoms with Gasteiger partial charge in [-0.25, -0.2) is 14.4 Å². The fourth-order valence-electron chi connectivity index (χ4n) is 2.99. The Morgan fingerprint density at radius 2 is 2.27 bits per heavy atom. The van der Waals surface area contributed by atoms with Crippen molar-refractivity contribution < 1.29 is 13.9 Å². The summed E-state index contributed by atoms with van der Waals surface area (Å²) in [6, 6.07) is 3.80. The summed E-state index contributed by atoms with van der Waals surface area (Å²) in [5, 5.41) is 1.03. The normalized spacial score (nSPS) is 13.7. The SMILES string of the molecule is Nc1ncnc2sc3c(c12)CCN(C(=O)COc1ccc(F)cc1Cl)C3. The highest BCUT2D eigenvalue weighted by molar-refractivity contribution is 7.19. The van der Waals surface area contributed by atoms with E-state index in [-0.39, 0.29) is 23.3 Å². The number of rotatable bonds is 3. The molecule has 0 atom stereocenters. The molecule has 0 unspecified atom stereocenters. The molecule has 0 saturated carbocycles. The molecule has 3 heterocycles. The van der Waals surface area contributed by atoms with Gasteiger partial charge in [0.05, 0.1) is 17.0 Å². The Morgan fingerprint density at radius 3 is 3.08 bits per heavy atom. The minimum absolute atomic E-state index is 0.136. The highest BCUT2D eigenvalue weighted by Gasteiger charge is 2.26. The largest absolute Gasteiger partial charge is 0.482 e. The summed E-state index contributed by atoms with van der Waals surface area (Å²) in [6.45, 7) is 0.884. The fourth-order valence-corrected chi connectivity index (χ4v) is 4.42. The lowest BCUT2D eigenvalue weighted by Gasteiger charge is -2.27. The molecular weight excluding hydrogens is 379 g/mol. The molecule has 2 aromatic heterocycles. The van der Waals surface area contributed by atoms with Crippen molar-refractivity contribution in [1.29, 1.82) is 0 Å². The van der Waals surface area contributed by atoms with Gasteiger partial charge in [-0.05, 0) is 30.2 Å². The van der Waals surface area contributed by atoms with Crippen LogP contribution in [0.3, 0.4) is 0 Å². The molecule has 0 radical (unpaired) electrons. The summed E-state index contributed by atoms with van der Waals surface area (Å²) in [5.41, 5.74) is 7.09. The number of nitrogen functional groups attached to an aromatic ring is 1.